The number of hydrogen-bond donors (Lipinski definition) is 1. The first-order valence-electron chi connectivity index (χ1n) is 5.35. The number of hydrogen-bond acceptors (Lipinski definition) is 3. The van der Waals surface area contributed by atoms with Gasteiger partial charge >= 0.3 is 0 Å². The Balaban J connectivity index is 2.81. The molecule has 0 fully saturated rings. The van der Waals surface area contributed by atoms with Crippen LogP contribution in [-0.2, 0) is 0 Å². The summed E-state index contributed by atoms with van der Waals surface area (Å²) < 4.78 is 5.33. The molecule has 0 radical (unpaired) electrons. The maximum absolute atomic E-state index is 11.6. The molecular weight excluding hydrogens is 202 g/mol. The molecule has 0 amide bonds. The van der Waals surface area contributed by atoms with E-state index < -0.39 is 0 Å². The lowest BCUT2D eigenvalue weighted by Crippen LogP contribution is -2.02. The molecular formula is C13H17NO2. The van der Waals surface area contributed by atoms with Gasteiger partial charge in [-0.15, -0.1) is 0 Å². The average molecular weight is 219 g/mol. The number of nitrogen functional groups attached to an aromatic ring is 1. The Bertz CT molecular complexity index is 386. The van der Waals surface area contributed by atoms with E-state index in [1.54, 1.807) is 24.3 Å². The third kappa shape index (κ3) is 3.12. The summed E-state index contributed by atoms with van der Waals surface area (Å²) in [4.78, 5) is 11.6. The first-order valence-corrected chi connectivity index (χ1v) is 5.35. The van der Waals surface area contributed by atoms with E-state index >= 15 is 0 Å². The van der Waals surface area contributed by atoms with E-state index in [4.69, 9.17) is 10.5 Å². The summed E-state index contributed by atoms with van der Waals surface area (Å²) in [5.74, 6) is 0.706. The summed E-state index contributed by atoms with van der Waals surface area (Å²) in [6.07, 6.45) is 3.04. The number of Topliss-reactive ketones (excluding diaryl/α,β-unsaturated/α-hetero) is 1. The Morgan fingerprint density at radius 3 is 2.88 bits per heavy atom. The highest BCUT2D eigenvalue weighted by Gasteiger charge is 2.07. The largest absolute Gasteiger partial charge is 0.487 e. The third-order valence-electron chi connectivity index (χ3n) is 2.17. The van der Waals surface area contributed by atoms with Gasteiger partial charge in [0.2, 0.25) is 0 Å². The van der Waals surface area contributed by atoms with Gasteiger partial charge in [0.15, 0.2) is 5.78 Å². The molecule has 0 saturated heterocycles. The van der Waals surface area contributed by atoms with Crippen molar-refractivity contribution in [2.75, 3.05) is 12.3 Å². The van der Waals surface area contributed by atoms with Crippen LogP contribution in [0, 0.1) is 0 Å². The fraction of sp³-hybridized carbons (Fsp3) is 0.308. The summed E-state index contributed by atoms with van der Waals surface area (Å²) in [7, 11) is 0. The van der Waals surface area contributed by atoms with Gasteiger partial charge in [-0.1, -0.05) is 19.6 Å². The lowest BCUT2D eigenvalue weighted by atomic mass is 10.1. The Kier molecular flexibility index (Phi) is 4.58. The van der Waals surface area contributed by atoms with Crippen LogP contribution in [0.15, 0.2) is 30.9 Å². The molecule has 0 atom stereocenters. The van der Waals surface area contributed by atoms with Crippen molar-refractivity contribution in [3.8, 4) is 5.75 Å². The number of rotatable bonds is 6. The van der Waals surface area contributed by atoms with Gasteiger partial charge in [-0.3, -0.25) is 4.79 Å². The average Bonchev–Trinajstić information content (AvgIpc) is 2.27. The predicted octanol–water partition coefficient (Wildman–Crippen LogP) is 2.82. The number of carbonyl (C=O) groups excluding carboxylic acids is 1. The van der Waals surface area contributed by atoms with Crippen molar-refractivity contribution in [1.29, 1.82) is 0 Å². The summed E-state index contributed by atoms with van der Waals surface area (Å²) in [6, 6.07) is 5.13. The van der Waals surface area contributed by atoms with E-state index in [0.717, 1.165) is 6.42 Å². The second-order valence-electron chi connectivity index (χ2n) is 3.53. The first-order chi connectivity index (χ1) is 7.69. The quantitative estimate of drug-likeness (QED) is 0.454. The van der Waals surface area contributed by atoms with Crippen molar-refractivity contribution in [1.82, 2.24) is 0 Å². The molecule has 0 spiro atoms. The van der Waals surface area contributed by atoms with Crippen molar-refractivity contribution in [2.24, 2.45) is 0 Å². The van der Waals surface area contributed by atoms with Gasteiger partial charge < -0.3 is 10.5 Å². The predicted molar refractivity (Wildman–Crippen MR) is 65.8 cm³/mol. The second kappa shape index (κ2) is 5.95. The summed E-state index contributed by atoms with van der Waals surface area (Å²) in [5.41, 5.74) is 6.92. The molecule has 0 bridgehead atoms. The molecule has 1 rings (SSSR count). The zero-order valence-electron chi connectivity index (χ0n) is 9.53. The van der Waals surface area contributed by atoms with Crippen molar-refractivity contribution < 1.29 is 9.53 Å². The molecule has 2 N–H and O–H groups in total. The molecule has 0 saturated carbocycles. The summed E-state index contributed by atoms with van der Waals surface area (Å²) in [6.45, 7) is 5.94. The number of nitrogens with two attached hydrogens (primary N) is 1. The van der Waals surface area contributed by atoms with Crippen LogP contribution in [0.25, 0.3) is 0 Å². The van der Waals surface area contributed by atoms with Gasteiger partial charge in [0.1, 0.15) is 12.4 Å². The molecule has 0 aromatic heterocycles. The summed E-state index contributed by atoms with van der Waals surface area (Å²) in [5, 5.41) is 0. The molecule has 0 heterocycles. The lowest BCUT2D eigenvalue weighted by molar-refractivity contribution is 0.0982. The SMILES string of the molecule is C=CCOc1ccc(C(=O)CCC)cc1N. The van der Waals surface area contributed by atoms with Crippen molar-refractivity contribution in [3.05, 3.63) is 36.4 Å². The maximum Gasteiger partial charge on any atom is 0.162 e. The van der Waals surface area contributed by atoms with Gasteiger partial charge in [0.25, 0.3) is 0 Å². The topological polar surface area (TPSA) is 52.3 Å². The molecule has 0 aliphatic heterocycles. The Morgan fingerprint density at radius 2 is 2.31 bits per heavy atom. The molecule has 3 heteroatoms. The van der Waals surface area contributed by atoms with E-state index in [2.05, 4.69) is 6.58 Å². The van der Waals surface area contributed by atoms with E-state index in [9.17, 15) is 4.79 Å². The van der Waals surface area contributed by atoms with Gasteiger partial charge in [0, 0.05) is 12.0 Å². The Labute approximate surface area is 95.9 Å². The van der Waals surface area contributed by atoms with Gasteiger partial charge in [-0.05, 0) is 24.6 Å². The highest BCUT2D eigenvalue weighted by molar-refractivity contribution is 5.97. The fourth-order valence-electron chi connectivity index (χ4n) is 1.37. The minimum atomic E-state index is 0.115. The maximum atomic E-state index is 11.6. The summed E-state index contributed by atoms with van der Waals surface area (Å²) >= 11 is 0. The zero-order valence-corrected chi connectivity index (χ0v) is 9.53. The molecule has 16 heavy (non-hydrogen) atoms. The van der Waals surface area contributed by atoms with Crippen LogP contribution in [0.5, 0.6) is 5.75 Å². The van der Waals surface area contributed by atoms with Crippen LogP contribution < -0.4 is 10.5 Å². The smallest absolute Gasteiger partial charge is 0.162 e. The minimum absolute atomic E-state index is 0.115. The van der Waals surface area contributed by atoms with Crippen molar-refractivity contribution in [2.45, 2.75) is 19.8 Å². The van der Waals surface area contributed by atoms with Crippen LogP contribution >= 0.6 is 0 Å². The van der Waals surface area contributed by atoms with E-state index in [1.165, 1.54) is 0 Å². The van der Waals surface area contributed by atoms with E-state index in [1.807, 2.05) is 6.92 Å². The highest BCUT2D eigenvalue weighted by Crippen LogP contribution is 2.23. The fourth-order valence-corrected chi connectivity index (χ4v) is 1.37. The van der Waals surface area contributed by atoms with Gasteiger partial charge in [0.05, 0.1) is 5.69 Å². The standard InChI is InChI=1S/C13H17NO2/c1-3-5-12(15)10-6-7-13(11(14)9-10)16-8-4-2/h4,6-7,9H,2-3,5,8,14H2,1H3. The molecule has 3 nitrogen and oxygen atoms in total. The third-order valence-corrected chi connectivity index (χ3v) is 2.17. The zero-order chi connectivity index (χ0) is 12.0. The van der Waals surface area contributed by atoms with Gasteiger partial charge in [-0.2, -0.15) is 0 Å². The van der Waals surface area contributed by atoms with Crippen LogP contribution in [-0.4, -0.2) is 12.4 Å². The van der Waals surface area contributed by atoms with Crippen molar-refractivity contribution >= 4 is 11.5 Å². The van der Waals surface area contributed by atoms with E-state index in [-0.39, 0.29) is 5.78 Å². The molecule has 0 unspecified atom stereocenters. The van der Waals surface area contributed by atoms with Crippen LogP contribution in [0.3, 0.4) is 0 Å². The molecule has 1 aromatic rings. The number of ketones is 1. The Hall–Kier alpha value is -1.77. The number of anilines is 1. The molecule has 1 aromatic carbocycles. The van der Waals surface area contributed by atoms with Crippen LogP contribution in [0.2, 0.25) is 0 Å². The van der Waals surface area contributed by atoms with Gasteiger partial charge in [-0.25, -0.2) is 0 Å². The van der Waals surface area contributed by atoms with Crippen LogP contribution in [0.1, 0.15) is 30.1 Å². The number of carbonyl (C=O) groups is 1. The first kappa shape index (κ1) is 12.3. The van der Waals surface area contributed by atoms with Crippen molar-refractivity contribution in [3.63, 3.8) is 0 Å². The number of benzene rings is 1. The molecule has 0 aliphatic rings. The molecule has 86 valence electrons. The van der Waals surface area contributed by atoms with E-state index in [0.29, 0.717) is 30.0 Å². The molecule has 0 aliphatic carbocycles. The number of ether oxygens (including phenoxy) is 1. The normalized spacial score (nSPS) is 9.81. The second-order valence-corrected chi connectivity index (χ2v) is 3.53. The lowest BCUT2D eigenvalue weighted by Gasteiger charge is -2.08. The minimum Gasteiger partial charge on any atom is -0.487 e. The highest BCUT2D eigenvalue weighted by atomic mass is 16.5. The van der Waals surface area contributed by atoms with Crippen LogP contribution in [0.4, 0.5) is 5.69 Å². The monoisotopic (exact) mass is 219 g/mol. The Morgan fingerprint density at radius 1 is 1.56 bits per heavy atom.